The second-order valence-corrected chi connectivity index (χ2v) is 7.62. The largest absolute Gasteiger partial charge is 0.368 e. The van der Waals surface area contributed by atoms with E-state index in [1.807, 2.05) is 13.8 Å². The van der Waals surface area contributed by atoms with Crippen molar-refractivity contribution >= 4 is 15.7 Å². The SMILES string of the molecule is CC(C)NC(C)(CN(C)CCS(C)(=O)=O)C(N)=O. The Morgan fingerprint density at radius 1 is 1.44 bits per heavy atom. The predicted octanol–water partition coefficient (Wildman–Crippen LogP) is -0.795. The molecule has 0 spiro atoms. The number of primary amides is 1. The Hall–Kier alpha value is -0.660. The van der Waals surface area contributed by atoms with E-state index in [0.717, 1.165) is 0 Å². The van der Waals surface area contributed by atoms with Crippen LogP contribution in [0.15, 0.2) is 0 Å². The van der Waals surface area contributed by atoms with Crippen molar-refractivity contribution in [3.63, 3.8) is 0 Å². The smallest absolute Gasteiger partial charge is 0.238 e. The molecular weight excluding hydrogens is 254 g/mol. The summed E-state index contributed by atoms with van der Waals surface area (Å²) in [4.78, 5) is 13.3. The van der Waals surface area contributed by atoms with Crippen molar-refractivity contribution < 1.29 is 13.2 Å². The highest BCUT2D eigenvalue weighted by molar-refractivity contribution is 7.90. The van der Waals surface area contributed by atoms with Crippen LogP contribution in [0.25, 0.3) is 0 Å². The fourth-order valence-electron chi connectivity index (χ4n) is 1.77. The Kier molecular flexibility index (Phi) is 6.25. The highest BCUT2D eigenvalue weighted by Crippen LogP contribution is 2.07. The average Bonchev–Trinajstić information content (AvgIpc) is 2.11. The number of nitrogens with zero attached hydrogens (tertiary/aromatic N) is 1. The first-order valence-electron chi connectivity index (χ1n) is 5.90. The molecule has 0 heterocycles. The van der Waals surface area contributed by atoms with Crippen LogP contribution in [0.4, 0.5) is 0 Å². The summed E-state index contributed by atoms with van der Waals surface area (Å²) in [5, 5.41) is 3.12. The lowest BCUT2D eigenvalue weighted by molar-refractivity contribution is -0.124. The lowest BCUT2D eigenvalue weighted by Gasteiger charge is -2.33. The van der Waals surface area contributed by atoms with Crippen LogP contribution in [0.5, 0.6) is 0 Å². The zero-order valence-electron chi connectivity index (χ0n) is 11.9. The summed E-state index contributed by atoms with van der Waals surface area (Å²) < 4.78 is 22.2. The van der Waals surface area contributed by atoms with Crippen LogP contribution >= 0.6 is 0 Å². The molecule has 7 heteroatoms. The minimum atomic E-state index is -3.00. The van der Waals surface area contributed by atoms with E-state index >= 15 is 0 Å². The van der Waals surface area contributed by atoms with Gasteiger partial charge in [-0.1, -0.05) is 0 Å². The molecule has 1 atom stereocenters. The van der Waals surface area contributed by atoms with Crippen LogP contribution in [-0.2, 0) is 14.6 Å². The lowest BCUT2D eigenvalue weighted by Crippen LogP contribution is -2.61. The topological polar surface area (TPSA) is 92.5 Å². The molecule has 3 N–H and O–H groups in total. The zero-order valence-corrected chi connectivity index (χ0v) is 12.7. The molecule has 0 aromatic carbocycles. The summed E-state index contributed by atoms with van der Waals surface area (Å²) in [5.74, 6) is -0.373. The van der Waals surface area contributed by atoms with Gasteiger partial charge in [0.2, 0.25) is 5.91 Å². The van der Waals surface area contributed by atoms with Crippen LogP contribution < -0.4 is 11.1 Å². The fraction of sp³-hybridized carbons (Fsp3) is 0.909. The Bertz CT molecular complexity index is 381. The van der Waals surface area contributed by atoms with Crippen LogP contribution in [0.3, 0.4) is 0 Å². The molecule has 108 valence electrons. The Labute approximate surface area is 110 Å². The van der Waals surface area contributed by atoms with Gasteiger partial charge in [-0.2, -0.15) is 0 Å². The third kappa shape index (κ3) is 6.93. The Morgan fingerprint density at radius 2 is 1.94 bits per heavy atom. The first kappa shape index (κ1) is 17.3. The van der Waals surface area contributed by atoms with Crippen LogP contribution in [-0.4, -0.2) is 63.0 Å². The molecule has 0 aliphatic rings. The maximum atomic E-state index is 11.5. The van der Waals surface area contributed by atoms with Crippen molar-refractivity contribution in [2.75, 3.05) is 32.1 Å². The number of amides is 1. The number of nitrogens with one attached hydrogen (secondary N) is 1. The number of hydrogen-bond acceptors (Lipinski definition) is 5. The molecule has 1 unspecified atom stereocenters. The van der Waals surface area contributed by atoms with E-state index in [9.17, 15) is 13.2 Å². The van der Waals surface area contributed by atoms with Gasteiger partial charge in [-0.3, -0.25) is 4.79 Å². The predicted molar refractivity (Wildman–Crippen MR) is 73.1 cm³/mol. The van der Waals surface area contributed by atoms with E-state index in [2.05, 4.69) is 5.32 Å². The molecule has 0 bridgehead atoms. The quantitative estimate of drug-likeness (QED) is 0.607. The number of nitrogens with two attached hydrogens (primary N) is 1. The highest BCUT2D eigenvalue weighted by Gasteiger charge is 2.32. The van der Waals surface area contributed by atoms with Gasteiger partial charge in [-0.05, 0) is 27.8 Å². The minimum Gasteiger partial charge on any atom is -0.368 e. The number of carbonyl (C=O) groups excluding carboxylic acids is 1. The number of rotatable bonds is 8. The third-order valence-corrected chi connectivity index (χ3v) is 3.51. The first-order valence-corrected chi connectivity index (χ1v) is 7.96. The summed E-state index contributed by atoms with van der Waals surface area (Å²) in [6.45, 7) is 6.33. The summed E-state index contributed by atoms with van der Waals surface area (Å²) in [6.07, 6.45) is 1.19. The fourth-order valence-corrected chi connectivity index (χ4v) is 2.42. The highest BCUT2D eigenvalue weighted by atomic mass is 32.2. The van der Waals surface area contributed by atoms with Gasteiger partial charge in [0, 0.05) is 25.4 Å². The summed E-state index contributed by atoms with van der Waals surface area (Å²) in [5.41, 5.74) is 4.54. The maximum absolute atomic E-state index is 11.5. The normalized spacial score (nSPS) is 15.9. The van der Waals surface area contributed by atoms with Crippen molar-refractivity contribution in [1.29, 1.82) is 0 Å². The molecule has 0 aromatic rings. The molecular formula is C11H25N3O3S. The van der Waals surface area contributed by atoms with E-state index in [0.29, 0.717) is 13.1 Å². The van der Waals surface area contributed by atoms with Gasteiger partial charge in [-0.25, -0.2) is 8.42 Å². The summed E-state index contributed by atoms with van der Waals surface area (Å²) in [7, 11) is -1.22. The van der Waals surface area contributed by atoms with E-state index in [1.54, 1.807) is 18.9 Å². The van der Waals surface area contributed by atoms with E-state index in [4.69, 9.17) is 5.73 Å². The molecule has 0 fully saturated rings. The van der Waals surface area contributed by atoms with Gasteiger partial charge in [0.1, 0.15) is 15.4 Å². The van der Waals surface area contributed by atoms with Crippen molar-refractivity contribution in [2.24, 2.45) is 5.73 Å². The van der Waals surface area contributed by atoms with Gasteiger partial charge < -0.3 is 16.0 Å². The molecule has 0 aromatic heterocycles. The van der Waals surface area contributed by atoms with Crippen LogP contribution in [0.2, 0.25) is 0 Å². The van der Waals surface area contributed by atoms with Crippen molar-refractivity contribution in [3.05, 3.63) is 0 Å². The second kappa shape index (κ2) is 6.49. The van der Waals surface area contributed by atoms with Gasteiger partial charge in [-0.15, -0.1) is 0 Å². The van der Waals surface area contributed by atoms with E-state index in [1.165, 1.54) is 6.26 Å². The van der Waals surface area contributed by atoms with Gasteiger partial charge in [0.15, 0.2) is 0 Å². The lowest BCUT2D eigenvalue weighted by atomic mass is 9.99. The molecule has 1 amide bonds. The van der Waals surface area contributed by atoms with Gasteiger partial charge in [0.05, 0.1) is 5.75 Å². The van der Waals surface area contributed by atoms with Crippen LogP contribution in [0, 0.1) is 0 Å². The van der Waals surface area contributed by atoms with Crippen molar-refractivity contribution in [3.8, 4) is 0 Å². The number of likely N-dealkylation sites (N-methyl/N-ethyl adjacent to an activating group) is 1. The molecule has 0 aliphatic carbocycles. The molecule has 0 aliphatic heterocycles. The standard InChI is InChI=1S/C11H25N3O3S/c1-9(2)13-11(3,10(12)15)8-14(4)6-7-18(5,16)17/h9,13H,6-8H2,1-5H3,(H2,12,15). The van der Waals surface area contributed by atoms with Gasteiger partial charge in [0.25, 0.3) is 0 Å². The molecule has 0 saturated heterocycles. The third-order valence-electron chi connectivity index (χ3n) is 2.58. The Balaban J connectivity index is 4.55. The molecule has 0 saturated carbocycles. The molecule has 0 radical (unpaired) electrons. The Morgan fingerprint density at radius 3 is 2.28 bits per heavy atom. The summed E-state index contributed by atoms with van der Waals surface area (Å²) in [6, 6.07) is 0.116. The molecule has 18 heavy (non-hydrogen) atoms. The van der Waals surface area contributed by atoms with E-state index < -0.39 is 21.3 Å². The first-order chi connectivity index (χ1) is 7.96. The maximum Gasteiger partial charge on any atom is 0.238 e. The van der Waals surface area contributed by atoms with Crippen LogP contribution in [0.1, 0.15) is 20.8 Å². The monoisotopic (exact) mass is 279 g/mol. The number of sulfone groups is 1. The van der Waals surface area contributed by atoms with Crippen molar-refractivity contribution in [1.82, 2.24) is 10.2 Å². The average molecular weight is 279 g/mol. The number of hydrogen-bond donors (Lipinski definition) is 2. The zero-order chi connectivity index (χ0) is 14.6. The van der Waals surface area contributed by atoms with Gasteiger partial charge >= 0.3 is 0 Å². The van der Waals surface area contributed by atoms with Crippen molar-refractivity contribution in [2.45, 2.75) is 32.4 Å². The minimum absolute atomic E-state index is 0.0695. The molecule has 6 nitrogen and oxygen atoms in total. The van der Waals surface area contributed by atoms with E-state index in [-0.39, 0.29) is 11.8 Å². The second-order valence-electron chi connectivity index (χ2n) is 5.36. The molecule has 0 rings (SSSR count). The number of carbonyl (C=O) groups is 1. The summed E-state index contributed by atoms with van der Waals surface area (Å²) >= 11 is 0.